The van der Waals surface area contributed by atoms with Crippen molar-refractivity contribution in [3.63, 3.8) is 0 Å². The van der Waals surface area contributed by atoms with Crippen LogP contribution in [0.3, 0.4) is 0 Å². The molecule has 0 aromatic carbocycles. The van der Waals surface area contributed by atoms with Gasteiger partial charge < -0.3 is 15.2 Å². The summed E-state index contributed by atoms with van der Waals surface area (Å²) in [6, 6.07) is 4.26. The van der Waals surface area contributed by atoms with Crippen LogP contribution in [0.1, 0.15) is 62.5 Å². The standard InChI is InChI=1S/C18H29N5OS/c1-5-19-18(21-12-14(4)15-8-7-11-25-15)20-10-6-9-16-22-17(13(2)3)23-24-16/h7-8,11,13-14H,5-6,9-10,12H2,1-4H3,(H2,19,20,21). The molecule has 2 heterocycles. The molecule has 0 amide bonds. The number of nitrogens with zero attached hydrogens (tertiary/aromatic N) is 3. The van der Waals surface area contributed by atoms with Gasteiger partial charge >= 0.3 is 0 Å². The van der Waals surface area contributed by atoms with E-state index in [1.165, 1.54) is 4.88 Å². The number of hydrogen-bond donors (Lipinski definition) is 2. The van der Waals surface area contributed by atoms with Crippen molar-refractivity contribution in [2.45, 2.75) is 52.4 Å². The van der Waals surface area contributed by atoms with Gasteiger partial charge in [0, 0.05) is 36.2 Å². The molecule has 0 aliphatic heterocycles. The van der Waals surface area contributed by atoms with Crippen molar-refractivity contribution in [2.75, 3.05) is 19.6 Å². The van der Waals surface area contributed by atoms with Crippen molar-refractivity contribution in [3.8, 4) is 0 Å². The highest BCUT2D eigenvalue weighted by Crippen LogP contribution is 2.20. The lowest BCUT2D eigenvalue weighted by atomic mass is 10.1. The summed E-state index contributed by atoms with van der Waals surface area (Å²) in [5.74, 6) is 3.08. The molecule has 0 saturated carbocycles. The smallest absolute Gasteiger partial charge is 0.226 e. The van der Waals surface area contributed by atoms with Crippen molar-refractivity contribution in [2.24, 2.45) is 4.99 Å². The number of aromatic nitrogens is 2. The Hall–Kier alpha value is -1.89. The number of guanidine groups is 1. The van der Waals surface area contributed by atoms with E-state index in [1.54, 1.807) is 11.3 Å². The van der Waals surface area contributed by atoms with Gasteiger partial charge in [-0.3, -0.25) is 4.99 Å². The Morgan fingerprint density at radius 2 is 2.16 bits per heavy atom. The normalized spacial score (nSPS) is 13.2. The van der Waals surface area contributed by atoms with Gasteiger partial charge in [-0.1, -0.05) is 32.0 Å². The van der Waals surface area contributed by atoms with Gasteiger partial charge in [0.2, 0.25) is 5.89 Å². The van der Waals surface area contributed by atoms with Crippen molar-refractivity contribution in [1.82, 2.24) is 20.8 Å². The highest BCUT2D eigenvalue weighted by atomic mass is 32.1. The molecule has 1 unspecified atom stereocenters. The first kappa shape index (κ1) is 19.4. The number of nitrogens with one attached hydrogen (secondary N) is 2. The highest BCUT2D eigenvalue weighted by molar-refractivity contribution is 7.10. The third-order valence-corrected chi connectivity index (χ3v) is 4.86. The number of aryl methyl sites for hydroxylation is 1. The molecule has 0 aliphatic rings. The molecule has 0 bridgehead atoms. The molecule has 0 fully saturated rings. The molecular formula is C18H29N5OS. The van der Waals surface area contributed by atoms with Crippen LogP contribution in [-0.2, 0) is 6.42 Å². The Labute approximate surface area is 154 Å². The second-order valence-corrected chi connectivity index (χ2v) is 7.35. The van der Waals surface area contributed by atoms with Gasteiger partial charge in [-0.25, -0.2) is 0 Å². The molecule has 0 radical (unpaired) electrons. The van der Waals surface area contributed by atoms with Crippen molar-refractivity contribution in [1.29, 1.82) is 0 Å². The second-order valence-electron chi connectivity index (χ2n) is 6.37. The average molecular weight is 364 g/mol. The van der Waals surface area contributed by atoms with E-state index in [1.807, 2.05) is 0 Å². The molecule has 0 saturated heterocycles. The SMILES string of the molecule is CCNC(=NCC(C)c1cccs1)NCCCc1nc(C(C)C)no1. The summed E-state index contributed by atoms with van der Waals surface area (Å²) in [5.41, 5.74) is 0. The Morgan fingerprint density at radius 1 is 1.32 bits per heavy atom. The van der Waals surface area contributed by atoms with Crippen LogP contribution in [0.25, 0.3) is 0 Å². The summed E-state index contributed by atoms with van der Waals surface area (Å²) in [7, 11) is 0. The zero-order valence-electron chi connectivity index (χ0n) is 15.6. The van der Waals surface area contributed by atoms with E-state index < -0.39 is 0 Å². The van der Waals surface area contributed by atoms with Gasteiger partial charge in [-0.2, -0.15) is 4.98 Å². The Kier molecular flexibility index (Phi) is 7.91. The first-order valence-electron chi connectivity index (χ1n) is 8.98. The number of thiophene rings is 1. The van der Waals surface area contributed by atoms with Gasteiger partial charge in [0.1, 0.15) is 0 Å². The topological polar surface area (TPSA) is 75.3 Å². The first-order valence-corrected chi connectivity index (χ1v) is 9.86. The first-order chi connectivity index (χ1) is 12.1. The molecule has 2 aromatic heterocycles. The van der Waals surface area contributed by atoms with Crippen LogP contribution in [0.2, 0.25) is 0 Å². The maximum atomic E-state index is 5.27. The van der Waals surface area contributed by atoms with Crippen LogP contribution >= 0.6 is 11.3 Å². The summed E-state index contributed by atoms with van der Waals surface area (Å²) in [6.45, 7) is 10.8. The van der Waals surface area contributed by atoms with Crippen LogP contribution < -0.4 is 10.6 Å². The van der Waals surface area contributed by atoms with Crippen LogP contribution in [0.5, 0.6) is 0 Å². The lowest BCUT2D eigenvalue weighted by Gasteiger charge is -2.12. The van der Waals surface area contributed by atoms with Crippen molar-refractivity contribution in [3.05, 3.63) is 34.1 Å². The molecule has 1 atom stereocenters. The summed E-state index contributed by atoms with van der Waals surface area (Å²) in [5, 5.41) is 12.8. The average Bonchev–Trinajstić information content (AvgIpc) is 3.27. The maximum absolute atomic E-state index is 5.27. The fraction of sp³-hybridized carbons (Fsp3) is 0.611. The summed E-state index contributed by atoms with van der Waals surface area (Å²) < 4.78 is 5.27. The second kappa shape index (κ2) is 10.2. The molecule has 2 rings (SSSR count). The number of rotatable bonds is 9. The molecule has 138 valence electrons. The Balaban J connectivity index is 1.75. The van der Waals surface area contributed by atoms with E-state index in [2.05, 4.69) is 66.0 Å². The largest absolute Gasteiger partial charge is 0.357 e. The fourth-order valence-corrected chi connectivity index (χ4v) is 3.06. The minimum absolute atomic E-state index is 0.299. The van der Waals surface area contributed by atoms with Crippen LogP contribution in [0, 0.1) is 0 Å². The highest BCUT2D eigenvalue weighted by Gasteiger charge is 2.09. The molecule has 7 heteroatoms. The third-order valence-electron chi connectivity index (χ3n) is 3.76. The molecule has 2 N–H and O–H groups in total. The molecular weight excluding hydrogens is 334 g/mol. The van der Waals surface area contributed by atoms with E-state index in [0.29, 0.717) is 17.7 Å². The number of hydrogen-bond acceptors (Lipinski definition) is 5. The monoisotopic (exact) mass is 363 g/mol. The van der Waals surface area contributed by atoms with E-state index in [4.69, 9.17) is 9.52 Å². The zero-order valence-corrected chi connectivity index (χ0v) is 16.4. The minimum Gasteiger partial charge on any atom is -0.357 e. The molecule has 0 aliphatic carbocycles. The Bertz CT molecular complexity index is 636. The third kappa shape index (κ3) is 6.49. The molecule has 25 heavy (non-hydrogen) atoms. The van der Waals surface area contributed by atoms with Gasteiger partial charge in [0.25, 0.3) is 0 Å². The lowest BCUT2D eigenvalue weighted by molar-refractivity contribution is 0.368. The van der Waals surface area contributed by atoms with Gasteiger partial charge in [0.15, 0.2) is 11.8 Å². The van der Waals surface area contributed by atoms with Crippen LogP contribution in [0.4, 0.5) is 0 Å². The van der Waals surface area contributed by atoms with E-state index in [-0.39, 0.29) is 0 Å². The van der Waals surface area contributed by atoms with Crippen LogP contribution in [-0.4, -0.2) is 35.7 Å². The summed E-state index contributed by atoms with van der Waals surface area (Å²) >= 11 is 1.79. The Morgan fingerprint density at radius 3 is 2.80 bits per heavy atom. The zero-order chi connectivity index (χ0) is 18.1. The lowest BCUT2D eigenvalue weighted by Crippen LogP contribution is -2.38. The number of aliphatic imine (C=N–C) groups is 1. The van der Waals surface area contributed by atoms with E-state index in [0.717, 1.165) is 44.3 Å². The summed E-state index contributed by atoms with van der Waals surface area (Å²) in [6.07, 6.45) is 1.70. The fourth-order valence-electron chi connectivity index (χ4n) is 2.28. The summed E-state index contributed by atoms with van der Waals surface area (Å²) in [4.78, 5) is 10.5. The van der Waals surface area contributed by atoms with E-state index >= 15 is 0 Å². The predicted octanol–water partition coefficient (Wildman–Crippen LogP) is 3.55. The molecule has 0 spiro atoms. The van der Waals surface area contributed by atoms with Gasteiger partial charge in [-0.05, 0) is 24.8 Å². The molecule has 6 nitrogen and oxygen atoms in total. The maximum Gasteiger partial charge on any atom is 0.226 e. The van der Waals surface area contributed by atoms with Gasteiger partial charge in [-0.15, -0.1) is 11.3 Å². The molecule has 2 aromatic rings. The van der Waals surface area contributed by atoms with Gasteiger partial charge in [0.05, 0.1) is 6.54 Å². The van der Waals surface area contributed by atoms with Crippen molar-refractivity contribution >= 4 is 17.3 Å². The minimum atomic E-state index is 0.299. The van der Waals surface area contributed by atoms with Crippen LogP contribution in [0.15, 0.2) is 27.0 Å². The van der Waals surface area contributed by atoms with E-state index in [9.17, 15) is 0 Å². The quantitative estimate of drug-likeness (QED) is 0.405. The van der Waals surface area contributed by atoms with Crippen molar-refractivity contribution < 1.29 is 4.52 Å². The predicted molar refractivity (Wildman–Crippen MR) is 103 cm³/mol.